The molecule has 3 atom stereocenters. The van der Waals surface area contributed by atoms with Crippen molar-refractivity contribution in [2.24, 2.45) is 5.92 Å². The molecule has 0 radical (unpaired) electrons. The Labute approximate surface area is 294 Å². The molecule has 0 spiro atoms. The van der Waals surface area contributed by atoms with Gasteiger partial charge in [-0.05, 0) is 66.3 Å². The topological polar surface area (TPSA) is 166 Å². The Morgan fingerprint density at radius 1 is 0.865 bits per heavy atom. The van der Waals surface area contributed by atoms with Gasteiger partial charge in [0.15, 0.2) is 0 Å². The van der Waals surface area contributed by atoms with E-state index in [2.05, 4.69) is 16.0 Å². The number of benzene rings is 3. The van der Waals surface area contributed by atoms with E-state index >= 15 is 8.78 Å². The molecule has 0 unspecified atom stereocenters. The summed E-state index contributed by atoms with van der Waals surface area (Å²) in [4.78, 5) is 66.3. The third-order valence-electron chi connectivity index (χ3n) is 8.40. The summed E-state index contributed by atoms with van der Waals surface area (Å²) in [5.74, 6) is -12.8. The van der Waals surface area contributed by atoms with E-state index < -0.39 is 72.1 Å². The SMILES string of the molecule is COc1ccc([C@H](NC(=O)[C@H](Cc2cccc(C#N)c2)NC(=O)c2ccccc2)C(=O)N[C@H](C(=O)C(F)(F)C(=O)NCC(F)(F)F)C2CCC2)cc1. The molecular weight excluding hydrogens is 693 g/mol. The second-order valence-electron chi connectivity index (χ2n) is 12.0. The van der Waals surface area contributed by atoms with Crippen molar-refractivity contribution < 1.29 is 50.7 Å². The fourth-order valence-corrected chi connectivity index (χ4v) is 5.39. The number of methoxy groups -OCH3 is 1. The number of hydrogen-bond donors (Lipinski definition) is 4. The number of rotatable bonds is 15. The van der Waals surface area contributed by atoms with Crippen LogP contribution >= 0.6 is 0 Å². The zero-order chi connectivity index (χ0) is 38.1. The maximum absolute atomic E-state index is 15.0. The van der Waals surface area contributed by atoms with E-state index in [9.17, 15) is 42.4 Å². The normalized spacial score (nSPS) is 14.7. The lowest BCUT2D eigenvalue weighted by molar-refractivity contribution is -0.166. The maximum Gasteiger partial charge on any atom is 0.405 e. The van der Waals surface area contributed by atoms with Crippen molar-refractivity contribution in [2.45, 2.75) is 55.9 Å². The highest BCUT2D eigenvalue weighted by Crippen LogP contribution is 2.34. The molecule has 0 bridgehead atoms. The lowest BCUT2D eigenvalue weighted by Gasteiger charge is -2.35. The molecule has 1 aliphatic rings. The van der Waals surface area contributed by atoms with Gasteiger partial charge in [-0.2, -0.15) is 27.2 Å². The second-order valence-corrected chi connectivity index (χ2v) is 12.0. The molecule has 274 valence electrons. The first-order valence-electron chi connectivity index (χ1n) is 16.0. The van der Waals surface area contributed by atoms with Crippen LogP contribution in [0.25, 0.3) is 0 Å². The molecule has 4 rings (SSSR count). The second kappa shape index (κ2) is 16.9. The van der Waals surface area contributed by atoms with Gasteiger partial charge >= 0.3 is 12.1 Å². The van der Waals surface area contributed by atoms with Gasteiger partial charge in [0.2, 0.25) is 17.6 Å². The molecule has 4 amide bonds. The summed E-state index contributed by atoms with van der Waals surface area (Å²) in [6, 6.07) is 16.7. The van der Waals surface area contributed by atoms with Crippen LogP contribution in [0.3, 0.4) is 0 Å². The standard InChI is InChI=1S/C36H34F5N5O6/c1-52-26-15-13-24(14-16-26)29(33(50)45-28(23-11-6-12-23)30(47)36(40,41)34(51)43-20-35(37,38)39)46-32(49)27(18-21-7-5-8-22(17-21)19-42)44-31(48)25-9-3-2-4-10-25/h2-5,7-10,13-17,23,27-29H,6,11-12,18,20H2,1H3,(H,43,51)(H,44,48)(H,45,50)(H,46,49)/t27-,28-,29-/m0/s1. The molecule has 52 heavy (non-hydrogen) atoms. The molecule has 0 aliphatic heterocycles. The Balaban J connectivity index is 1.65. The molecule has 1 aliphatic carbocycles. The zero-order valence-corrected chi connectivity index (χ0v) is 27.6. The molecule has 4 N–H and O–H groups in total. The van der Waals surface area contributed by atoms with Gasteiger partial charge in [0, 0.05) is 12.0 Å². The smallest absolute Gasteiger partial charge is 0.405 e. The molecule has 11 nitrogen and oxygen atoms in total. The number of ether oxygens (including phenoxy) is 1. The van der Waals surface area contributed by atoms with Crippen LogP contribution in [0.2, 0.25) is 0 Å². The third-order valence-corrected chi connectivity index (χ3v) is 8.40. The lowest BCUT2D eigenvalue weighted by Crippen LogP contribution is -2.60. The molecule has 1 saturated carbocycles. The number of hydrogen-bond acceptors (Lipinski definition) is 7. The Morgan fingerprint density at radius 2 is 1.54 bits per heavy atom. The first-order chi connectivity index (χ1) is 24.6. The number of nitrogens with one attached hydrogen (secondary N) is 4. The average Bonchev–Trinajstić information content (AvgIpc) is 3.11. The monoisotopic (exact) mass is 727 g/mol. The number of carbonyl (C=O) groups is 5. The highest BCUT2D eigenvalue weighted by Gasteiger charge is 2.53. The van der Waals surface area contributed by atoms with Gasteiger partial charge in [-0.1, -0.05) is 48.9 Å². The predicted molar refractivity (Wildman–Crippen MR) is 175 cm³/mol. The highest BCUT2D eigenvalue weighted by molar-refractivity contribution is 6.11. The zero-order valence-electron chi connectivity index (χ0n) is 27.6. The van der Waals surface area contributed by atoms with Gasteiger partial charge in [-0.25, -0.2) is 0 Å². The van der Waals surface area contributed by atoms with Gasteiger partial charge < -0.3 is 26.0 Å². The maximum atomic E-state index is 15.0. The molecule has 16 heteroatoms. The van der Waals surface area contributed by atoms with Crippen LogP contribution < -0.4 is 26.0 Å². The van der Waals surface area contributed by atoms with Crippen molar-refractivity contribution in [3.05, 3.63) is 101 Å². The number of amides is 4. The van der Waals surface area contributed by atoms with Crippen LogP contribution in [0.15, 0.2) is 78.9 Å². The number of nitrogens with zero attached hydrogens (tertiary/aromatic N) is 1. The van der Waals surface area contributed by atoms with Gasteiger partial charge in [0.25, 0.3) is 11.8 Å². The predicted octanol–water partition coefficient (Wildman–Crippen LogP) is 3.93. The van der Waals surface area contributed by atoms with E-state index in [1.807, 2.05) is 6.07 Å². The van der Waals surface area contributed by atoms with E-state index in [4.69, 9.17) is 4.74 Å². The minimum atomic E-state index is -5.03. The van der Waals surface area contributed by atoms with Gasteiger partial charge in [0.05, 0.1) is 24.8 Å². The van der Waals surface area contributed by atoms with E-state index in [-0.39, 0.29) is 36.0 Å². The summed E-state index contributed by atoms with van der Waals surface area (Å²) >= 11 is 0. The largest absolute Gasteiger partial charge is 0.497 e. The van der Waals surface area contributed by atoms with Gasteiger partial charge in [-0.3, -0.25) is 24.0 Å². The number of ketones is 1. The number of alkyl halides is 5. The van der Waals surface area contributed by atoms with Crippen LogP contribution in [0.5, 0.6) is 5.75 Å². The molecule has 0 heterocycles. The van der Waals surface area contributed by atoms with Crippen LogP contribution in [-0.2, 0) is 25.6 Å². The highest BCUT2D eigenvalue weighted by atomic mass is 19.4. The van der Waals surface area contributed by atoms with Crippen LogP contribution in [0.1, 0.15) is 52.4 Å². The van der Waals surface area contributed by atoms with Crippen molar-refractivity contribution in [2.75, 3.05) is 13.7 Å². The van der Waals surface area contributed by atoms with Crippen molar-refractivity contribution in [1.29, 1.82) is 5.26 Å². The summed E-state index contributed by atoms with van der Waals surface area (Å²) in [5, 5.41) is 17.7. The first-order valence-corrected chi connectivity index (χ1v) is 16.0. The van der Waals surface area contributed by atoms with Crippen molar-refractivity contribution in [1.82, 2.24) is 21.3 Å². The summed E-state index contributed by atoms with van der Waals surface area (Å²) in [7, 11) is 1.38. The Morgan fingerprint density at radius 3 is 2.12 bits per heavy atom. The Kier molecular flexibility index (Phi) is 12.7. The third kappa shape index (κ3) is 10.1. The van der Waals surface area contributed by atoms with Crippen molar-refractivity contribution in [3.8, 4) is 11.8 Å². The van der Waals surface area contributed by atoms with Gasteiger partial charge in [-0.15, -0.1) is 0 Å². The fraction of sp³-hybridized carbons (Fsp3) is 0.333. The lowest BCUT2D eigenvalue weighted by atomic mass is 9.77. The van der Waals surface area contributed by atoms with Crippen LogP contribution in [0, 0.1) is 17.2 Å². The van der Waals surface area contributed by atoms with Crippen molar-refractivity contribution >= 4 is 29.4 Å². The summed E-state index contributed by atoms with van der Waals surface area (Å²) < 4.78 is 73.1. The minimum absolute atomic E-state index is 0.0979. The van der Waals surface area contributed by atoms with Gasteiger partial charge in [0.1, 0.15) is 24.4 Å². The van der Waals surface area contributed by atoms with E-state index in [1.165, 1.54) is 55.6 Å². The summed E-state index contributed by atoms with van der Waals surface area (Å²) in [6.07, 6.45) is -4.32. The van der Waals surface area contributed by atoms with Crippen molar-refractivity contribution in [3.63, 3.8) is 0 Å². The molecule has 1 fully saturated rings. The Bertz CT molecular complexity index is 1810. The quantitative estimate of drug-likeness (QED) is 0.136. The number of nitriles is 1. The first kappa shape index (κ1) is 38.9. The van der Waals surface area contributed by atoms with E-state index in [0.29, 0.717) is 17.7 Å². The van der Waals surface area contributed by atoms with Crippen LogP contribution in [0.4, 0.5) is 22.0 Å². The summed E-state index contributed by atoms with van der Waals surface area (Å²) in [5.41, 5.74) is 1.05. The Hall–Kier alpha value is -5.85. The van der Waals surface area contributed by atoms with E-state index in [1.54, 1.807) is 30.3 Å². The fourth-order valence-electron chi connectivity index (χ4n) is 5.39. The molecular formula is C36H34F5N5O6. The number of carbonyl (C=O) groups excluding carboxylic acids is 5. The summed E-state index contributed by atoms with van der Waals surface area (Å²) in [6.45, 7) is -2.11. The molecule has 3 aromatic carbocycles. The minimum Gasteiger partial charge on any atom is -0.497 e. The van der Waals surface area contributed by atoms with Crippen LogP contribution in [-0.4, -0.2) is 67.2 Å². The average molecular weight is 728 g/mol. The number of Topliss-reactive ketones (excluding diaryl/α,β-unsaturated/α-hetero) is 1. The van der Waals surface area contributed by atoms with E-state index in [0.717, 1.165) is 5.32 Å². The number of halogens is 5. The molecule has 0 saturated heterocycles. The molecule has 0 aromatic heterocycles. The molecule has 3 aromatic rings.